The first-order valence-corrected chi connectivity index (χ1v) is 13.1. The Kier molecular flexibility index (Phi) is 7.26. The summed E-state index contributed by atoms with van der Waals surface area (Å²) in [6.07, 6.45) is 2.28. The minimum absolute atomic E-state index is 0.146. The van der Waals surface area contributed by atoms with Crippen molar-refractivity contribution in [1.29, 1.82) is 0 Å². The number of nitrogens with zero attached hydrogens (tertiary/aromatic N) is 4. The molecule has 38 heavy (non-hydrogen) atoms. The van der Waals surface area contributed by atoms with Crippen molar-refractivity contribution in [3.05, 3.63) is 48.3 Å². The molecule has 4 heterocycles. The zero-order valence-corrected chi connectivity index (χ0v) is 21.5. The number of H-pyrrole nitrogens is 1. The van der Waals surface area contributed by atoms with E-state index in [2.05, 4.69) is 49.4 Å². The van der Waals surface area contributed by atoms with Crippen molar-refractivity contribution in [3.63, 3.8) is 0 Å². The summed E-state index contributed by atoms with van der Waals surface area (Å²) >= 11 is 0. The summed E-state index contributed by atoms with van der Waals surface area (Å²) in [4.78, 5) is 5.05. The number of methoxy groups -OCH3 is 1. The zero-order valence-electron chi connectivity index (χ0n) is 21.5. The van der Waals surface area contributed by atoms with Gasteiger partial charge in [0.2, 0.25) is 0 Å². The molecule has 200 valence electrons. The number of rotatable bonds is 8. The van der Waals surface area contributed by atoms with Crippen molar-refractivity contribution >= 4 is 16.6 Å². The van der Waals surface area contributed by atoms with Crippen LogP contribution >= 0.6 is 0 Å². The fourth-order valence-corrected chi connectivity index (χ4v) is 5.31. The van der Waals surface area contributed by atoms with Crippen LogP contribution in [0.4, 0.5) is 10.1 Å². The average molecular weight is 522 g/mol. The number of nitrogens with one attached hydrogen (secondary N) is 1. The van der Waals surface area contributed by atoms with Crippen LogP contribution in [-0.2, 0) is 9.47 Å². The van der Waals surface area contributed by atoms with Crippen LogP contribution in [0, 0.1) is 5.82 Å². The number of halogens is 1. The maximum Gasteiger partial charge on any atom is 0.188 e. The highest BCUT2D eigenvalue weighted by atomic mass is 19.1. The van der Waals surface area contributed by atoms with Gasteiger partial charge in [0.05, 0.1) is 12.1 Å². The highest BCUT2D eigenvalue weighted by Gasteiger charge is 2.25. The molecule has 2 aliphatic heterocycles. The van der Waals surface area contributed by atoms with Gasteiger partial charge in [-0.25, -0.2) is 4.39 Å². The Balaban J connectivity index is 1.13. The fraction of sp³-hybridized carbons (Fsp3) is 0.429. The Labute approximate surface area is 220 Å². The number of piperazine rings is 1. The van der Waals surface area contributed by atoms with Crippen LogP contribution in [0.5, 0.6) is 5.75 Å². The van der Waals surface area contributed by atoms with Gasteiger partial charge in [0.1, 0.15) is 18.0 Å². The van der Waals surface area contributed by atoms with E-state index in [9.17, 15) is 4.39 Å². The monoisotopic (exact) mass is 521 g/mol. The van der Waals surface area contributed by atoms with Crippen LogP contribution in [0.25, 0.3) is 33.6 Å². The fourth-order valence-electron chi connectivity index (χ4n) is 5.31. The van der Waals surface area contributed by atoms with Gasteiger partial charge >= 0.3 is 0 Å². The molecule has 0 saturated carbocycles. The topological polar surface area (TPSA) is 88.9 Å². The van der Waals surface area contributed by atoms with Crippen LogP contribution in [0.15, 0.2) is 47.0 Å². The van der Waals surface area contributed by atoms with E-state index >= 15 is 0 Å². The molecule has 2 saturated heterocycles. The van der Waals surface area contributed by atoms with Gasteiger partial charge in [0.15, 0.2) is 17.3 Å². The van der Waals surface area contributed by atoms with Gasteiger partial charge < -0.3 is 23.6 Å². The summed E-state index contributed by atoms with van der Waals surface area (Å²) in [5, 5.41) is 12.1. The summed E-state index contributed by atoms with van der Waals surface area (Å²) in [5.74, 6) is 0.139. The summed E-state index contributed by atoms with van der Waals surface area (Å²) in [7, 11) is 1.57. The number of hydrogen-bond acceptors (Lipinski definition) is 8. The molecule has 6 rings (SSSR count). The standard InChI is InChI=1S/C28H32FN5O4/c1-35-14-15-37-26-18-25-22(16-23(26)29)28(31-30-25)27-17-24(32-38-27)19-2-4-20(5-3-19)33-8-10-34(11-9-33)21-6-12-36-13-7-21/h2-5,16-18,21H,6-15H2,1H3,(H,30,31). The predicted molar refractivity (Wildman–Crippen MR) is 142 cm³/mol. The van der Waals surface area contributed by atoms with Crippen molar-refractivity contribution in [2.75, 3.05) is 64.6 Å². The predicted octanol–water partition coefficient (Wildman–Crippen LogP) is 4.35. The van der Waals surface area contributed by atoms with E-state index in [0.717, 1.165) is 57.8 Å². The third kappa shape index (κ3) is 5.11. The number of fused-ring (bicyclic) bond motifs is 1. The van der Waals surface area contributed by atoms with Gasteiger partial charge in [0, 0.05) is 81.3 Å². The second-order valence-corrected chi connectivity index (χ2v) is 9.73. The van der Waals surface area contributed by atoms with Crippen molar-refractivity contribution in [3.8, 4) is 28.5 Å². The molecule has 0 amide bonds. The van der Waals surface area contributed by atoms with E-state index in [1.165, 1.54) is 11.8 Å². The van der Waals surface area contributed by atoms with Crippen molar-refractivity contribution in [1.82, 2.24) is 20.3 Å². The number of benzene rings is 2. The third-order valence-electron chi connectivity index (χ3n) is 7.45. The maximum absolute atomic E-state index is 14.6. The summed E-state index contributed by atoms with van der Waals surface area (Å²) in [5.41, 5.74) is 4.01. The lowest BCUT2D eigenvalue weighted by Gasteiger charge is -2.41. The van der Waals surface area contributed by atoms with Crippen molar-refractivity contribution in [2.45, 2.75) is 18.9 Å². The van der Waals surface area contributed by atoms with Crippen LogP contribution in [0.2, 0.25) is 0 Å². The zero-order chi connectivity index (χ0) is 25.9. The Morgan fingerprint density at radius 1 is 1.03 bits per heavy atom. The Hall–Kier alpha value is -3.47. The first kappa shape index (κ1) is 24.8. The van der Waals surface area contributed by atoms with Crippen LogP contribution < -0.4 is 9.64 Å². The molecular formula is C28H32FN5O4. The van der Waals surface area contributed by atoms with Crippen molar-refractivity contribution < 1.29 is 23.1 Å². The minimum Gasteiger partial charge on any atom is -0.488 e. The molecule has 0 unspecified atom stereocenters. The second-order valence-electron chi connectivity index (χ2n) is 9.73. The summed E-state index contributed by atoms with van der Waals surface area (Å²) < 4.78 is 36.2. The molecule has 2 aromatic heterocycles. The lowest BCUT2D eigenvalue weighted by Crippen LogP contribution is -2.51. The molecule has 2 aliphatic rings. The Morgan fingerprint density at radius 3 is 2.58 bits per heavy atom. The van der Waals surface area contributed by atoms with E-state index in [0.29, 0.717) is 40.7 Å². The van der Waals surface area contributed by atoms with E-state index in [1.54, 1.807) is 13.2 Å². The average Bonchev–Trinajstić information content (AvgIpc) is 3.61. The molecule has 2 aromatic carbocycles. The summed E-state index contributed by atoms with van der Waals surface area (Å²) in [6, 6.07) is 13.9. The molecule has 10 heteroatoms. The third-order valence-corrected chi connectivity index (χ3v) is 7.45. The molecule has 0 aliphatic carbocycles. The van der Waals surface area contributed by atoms with Gasteiger partial charge in [-0.05, 0) is 31.0 Å². The van der Waals surface area contributed by atoms with E-state index in [4.69, 9.17) is 18.7 Å². The first-order chi connectivity index (χ1) is 18.7. The lowest BCUT2D eigenvalue weighted by molar-refractivity contribution is 0.0321. The molecule has 0 radical (unpaired) electrons. The van der Waals surface area contributed by atoms with Crippen LogP contribution in [0.1, 0.15) is 12.8 Å². The van der Waals surface area contributed by atoms with Gasteiger partial charge in [0.25, 0.3) is 0 Å². The van der Waals surface area contributed by atoms with E-state index < -0.39 is 5.82 Å². The number of aromatic amines is 1. The maximum atomic E-state index is 14.6. The molecule has 0 spiro atoms. The SMILES string of the molecule is COCCOc1cc2[nH]nc(-c3cc(-c4ccc(N5CCN(C6CCOCC6)CC5)cc4)no3)c2cc1F. The molecule has 4 aromatic rings. The smallest absolute Gasteiger partial charge is 0.188 e. The van der Waals surface area contributed by atoms with Gasteiger partial charge in [-0.2, -0.15) is 5.10 Å². The molecule has 9 nitrogen and oxygen atoms in total. The molecule has 0 atom stereocenters. The normalized spacial score (nSPS) is 17.4. The Morgan fingerprint density at radius 2 is 1.82 bits per heavy atom. The number of ether oxygens (including phenoxy) is 3. The van der Waals surface area contributed by atoms with Gasteiger partial charge in [-0.1, -0.05) is 17.3 Å². The quantitative estimate of drug-likeness (QED) is 0.343. The highest BCUT2D eigenvalue weighted by Crippen LogP contribution is 2.33. The van der Waals surface area contributed by atoms with Gasteiger partial charge in [-0.3, -0.25) is 10.00 Å². The van der Waals surface area contributed by atoms with E-state index in [-0.39, 0.29) is 12.4 Å². The largest absolute Gasteiger partial charge is 0.488 e. The highest BCUT2D eigenvalue weighted by molar-refractivity contribution is 5.93. The molecule has 0 bridgehead atoms. The number of aromatic nitrogens is 3. The van der Waals surface area contributed by atoms with Crippen LogP contribution in [0.3, 0.4) is 0 Å². The van der Waals surface area contributed by atoms with Crippen molar-refractivity contribution in [2.24, 2.45) is 0 Å². The minimum atomic E-state index is -0.472. The second kappa shape index (κ2) is 11.1. The van der Waals surface area contributed by atoms with Crippen LogP contribution in [-0.4, -0.2) is 86.0 Å². The Bertz CT molecular complexity index is 1360. The lowest BCUT2D eigenvalue weighted by atomic mass is 10.1. The molecular weight excluding hydrogens is 489 g/mol. The number of hydrogen-bond donors (Lipinski definition) is 1. The first-order valence-electron chi connectivity index (χ1n) is 13.1. The van der Waals surface area contributed by atoms with E-state index in [1.807, 2.05) is 6.07 Å². The summed E-state index contributed by atoms with van der Waals surface area (Å²) in [6.45, 7) is 6.61. The number of anilines is 1. The molecule has 1 N–H and O–H groups in total. The van der Waals surface area contributed by atoms with Gasteiger partial charge in [-0.15, -0.1) is 0 Å². The molecule has 2 fully saturated rings.